The molecule has 0 aromatic rings. The standard InChI is InChI=1S/C11H20N2O7S/c1-8(14)10(11(16)17)12-9(15)2-7-21(18,19)13-3-5-20-6-4-13/h8,10,14H,2-7H2,1H3,(H,12,15)(H,16,17). The summed E-state index contributed by atoms with van der Waals surface area (Å²) < 4.78 is 30.2. The molecule has 1 saturated heterocycles. The molecule has 21 heavy (non-hydrogen) atoms. The number of amides is 1. The van der Waals surface area contributed by atoms with Crippen LogP contribution in [0.1, 0.15) is 13.3 Å². The quantitative estimate of drug-likeness (QED) is 0.492. The van der Waals surface area contributed by atoms with Gasteiger partial charge in [-0.05, 0) is 6.92 Å². The van der Waals surface area contributed by atoms with Gasteiger partial charge in [-0.25, -0.2) is 13.2 Å². The van der Waals surface area contributed by atoms with Gasteiger partial charge in [0.25, 0.3) is 0 Å². The topological polar surface area (TPSA) is 133 Å². The number of hydrogen-bond donors (Lipinski definition) is 3. The average molecular weight is 324 g/mol. The molecule has 0 saturated carbocycles. The SMILES string of the molecule is CC(O)C(NC(=O)CCS(=O)(=O)N1CCOCC1)C(=O)O. The molecule has 2 unspecified atom stereocenters. The summed E-state index contributed by atoms with van der Waals surface area (Å²) >= 11 is 0. The van der Waals surface area contributed by atoms with Crippen molar-refractivity contribution in [3.63, 3.8) is 0 Å². The number of carbonyl (C=O) groups is 2. The van der Waals surface area contributed by atoms with Gasteiger partial charge in [0.2, 0.25) is 15.9 Å². The fourth-order valence-electron chi connectivity index (χ4n) is 1.81. The third-order valence-corrected chi connectivity index (χ3v) is 4.89. The van der Waals surface area contributed by atoms with E-state index in [-0.39, 0.29) is 19.5 Å². The number of nitrogens with one attached hydrogen (secondary N) is 1. The van der Waals surface area contributed by atoms with E-state index in [4.69, 9.17) is 9.84 Å². The lowest BCUT2D eigenvalue weighted by molar-refractivity contribution is -0.144. The summed E-state index contributed by atoms with van der Waals surface area (Å²) in [5, 5.41) is 20.1. The Kier molecular flexibility index (Phi) is 6.52. The van der Waals surface area contributed by atoms with Gasteiger partial charge in [0.05, 0.1) is 25.1 Å². The highest BCUT2D eigenvalue weighted by molar-refractivity contribution is 7.89. The van der Waals surface area contributed by atoms with Crippen molar-refractivity contribution < 1.29 is 33.0 Å². The van der Waals surface area contributed by atoms with Crippen LogP contribution in [0, 0.1) is 0 Å². The van der Waals surface area contributed by atoms with Gasteiger partial charge in [-0.3, -0.25) is 4.79 Å². The van der Waals surface area contributed by atoms with Crippen LogP contribution in [0.2, 0.25) is 0 Å². The minimum atomic E-state index is -3.57. The van der Waals surface area contributed by atoms with Crippen molar-refractivity contribution >= 4 is 21.9 Å². The maximum atomic E-state index is 12.0. The molecule has 1 aliphatic rings. The molecule has 1 rings (SSSR count). The number of nitrogens with zero attached hydrogens (tertiary/aromatic N) is 1. The lowest BCUT2D eigenvalue weighted by Crippen LogP contribution is -2.48. The Bertz CT molecular complexity index is 471. The van der Waals surface area contributed by atoms with Gasteiger partial charge in [0.1, 0.15) is 0 Å². The molecule has 1 fully saturated rings. The summed E-state index contributed by atoms with van der Waals surface area (Å²) in [6.45, 7) is 2.34. The molecule has 1 heterocycles. The number of carboxylic acid groups (broad SMARTS) is 1. The smallest absolute Gasteiger partial charge is 0.328 e. The summed E-state index contributed by atoms with van der Waals surface area (Å²) in [5.41, 5.74) is 0. The number of morpholine rings is 1. The second kappa shape index (κ2) is 7.69. The lowest BCUT2D eigenvalue weighted by Gasteiger charge is -2.26. The van der Waals surface area contributed by atoms with Crippen LogP contribution < -0.4 is 5.32 Å². The zero-order valence-electron chi connectivity index (χ0n) is 11.7. The van der Waals surface area contributed by atoms with Crippen LogP contribution in [0.15, 0.2) is 0 Å². The molecule has 1 amide bonds. The molecule has 0 spiro atoms. The highest BCUT2D eigenvalue weighted by Crippen LogP contribution is 2.07. The van der Waals surface area contributed by atoms with Crippen molar-refractivity contribution in [3.8, 4) is 0 Å². The van der Waals surface area contributed by atoms with Gasteiger partial charge in [0.15, 0.2) is 6.04 Å². The van der Waals surface area contributed by atoms with Gasteiger partial charge in [-0.2, -0.15) is 4.31 Å². The predicted molar refractivity (Wildman–Crippen MR) is 72.0 cm³/mol. The van der Waals surface area contributed by atoms with Gasteiger partial charge in [-0.1, -0.05) is 0 Å². The van der Waals surface area contributed by atoms with Crippen molar-refractivity contribution in [2.75, 3.05) is 32.1 Å². The molecule has 0 aliphatic carbocycles. The second-order valence-corrected chi connectivity index (χ2v) is 6.79. The largest absolute Gasteiger partial charge is 0.480 e. The summed E-state index contributed by atoms with van der Waals surface area (Å²) in [4.78, 5) is 22.4. The number of sulfonamides is 1. The molecule has 0 radical (unpaired) electrons. The monoisotopic (exact) mass is 324 g/mol. The molecule has 122 valence electrons. The van der Waals surface area contributed by atoms with Crippen molar-refractivity contribution in [2.45, 2.75) is 25.5 Å². The van der Waals surface area contributed by atoms with E-state index in [1.165, 1.54) is 11.2 Å². The van der Waals surface area contributed by atoms with E-state index in [2.05, 4.69) is 5.32 Å². The minimum Gasteiger partial charge on any atom is -0.480 e. The van der Waals surface area contributed by atoms with Crippen molar-refractivity contribution in [3.05, 3.63) is 0 Å². The molecular weight excluding hydrogens is 304 g/mol. The zero-order chi connectivity index (χ0) is 16.0. The molecule has 0 aromatic carbocycles. The fourth-order valence-corrected chi connectivity index (χ4v) is 3.22. The minimum absolute atomic E-state index is 0.245. The number of carboxylic acids is 1. The molecule has 0 bridgehead atoms. The number of aliphatic hydroxyl groups is 1. The van der Waals surface area contributed by atoms with Crippen LogP contribution in [-0.2, 0) is 24.3 Å². The Labute approximate surface area is 122 Å². The Hall–Kier alpha value is -1.23. The van der Waals surface area contributed by atoms with E-state index >= 15 is 0 Å². The van der Waals surface area contributed by atoms with E-state index in [1.54, 1.807) is 0 Å². The highest BCUT2D eigenvalue weighted by atomic mass is 32.2. The van der Waals surface area contributed by atoms with Crippen molar-refractivity contribution in [1.29, 1.82) is 0 Å². The van der Waals surface area contributed by atoms with Gasteiger partial charge < -0.3 is 20.3 Å². The van der Waals surface area contributed by atoms with Crippen LogP contribution in [0.3, 0.4) is 0 Å². The van der Waals surface area contributed by atoms with Crippen LogP contribution >= 0.6 is 0 Å². The van der Waals surface area contributed by atoms with Gasteiger partial charge in [0, 0.05) is 19.5 Å². The molecule has 2 atom stereocenters. The van der Waals surface area contributed by atoms with E-state index in [0.29, 0.717) is 13.2 Å². The summed E-state index contributed by atoms with van der Waals surface area (Å²) in [5.74, 6) is -2.53. The van der Waals surface area contributed by atoms with Gasteiger partial charge in [-0.15, -0.1) is 0 Å². The molecule has 1 aliphatic heterocycles. The first-order valence-corrected chi connectivity index (χ1v) is 8.11. The van der Waals surface area contributed by atoms with Crippen LogP contribution in [0.25, 0.3) is 0 Å². The first kappa shape index (κ1) is 17.8. The van der Waals surface area contributed by atoms with Crippen molar-refractivity contribution in [1.82, 2.24) is 9.62 Å². The summed E-state index contributed by atoms with van der Waals surface area (Å²) in [6, 6.07) is -1.46. The van der Waals surface area contributed by atoms with Crippen LogP contribution in [-0.4, -0.2) is 79.0 Å². The lowest BCUT2D eigenvalue weighted by atomic mass is 10.2. The Morgan fingerprint density at radius 2 is 1.90 bits per heavy atom. The van der Waals surface area contributed by atoms with E-state index in [1.807, 2.05) is 0 Å². The van der Waals surface area contributed by atoms with E-state index in [0.717, 1.165) is 0 Å². The average Bonchev–Trinajstić information content (AvgIpc) is 2.43. The molecule has 3 N–H and O–H groups in total. The molecule has 9 nitrogen and oxygen atoms in total. The van der Waals surface area contributed by atoms with Crippen molar-refractivity contribution in [2.24, 2.45) is 0 Å². The number of aliphatic hydroxyl groups excluding tert-OH is 1. The molecular formula is C11H20N2O7S. The first-order valence-electron chi connectivity index (χ1n) is 6.50. The Balaban J connectivity index is 2.49. The molecule has 0 aromatic heterocycles. The number of carbonyl (C=O) groups excluding carboxylic acids is 1. The predicted octanol–water partition coefficient (Wildman–Crippen LogP) is -2.01. The number of rotatable bonds is 7. The number of aliphatic carboxylic acids is 1. The molecule has 10 heteroatoms. The third kappa shape index (κ3) is 5.58. The van der Waals surface area contributed by atoms with Gasteiger partial charge >= 0.3 is 5.97 Å². The summed E-state index contributed by atoms with van der Waals surface area (Å²) in [7, 11) is -3.57. The fraction of sp³-hybridized carbons (Fsp3) is 0.818. The van der Waals surface area contributed by atoms with Crippen LogP contribution in [0.4, 0.5) is 0 Å². The number of hydrogen-bond acceptors (Lipinski definition) is 6. The Morgan fingerprint density at radius 1 is 1.33 bits per heavy atom. The Morgan fingerprint density at radius 3 is 2.38 bits per heavy atom. The number of ether oxygens (including phenoxy) is 1. The van der Waals surface area contributed by atoms with E-state index in [9.17, 15) is 23.1 Å². The summed E-state index contributed by atoms with van der Waals surface area (Å²) in [6.07, 6.45) is -1.64. The van der Waals surface area contributed by atoms with E-state index < -0.39 is 39.8 Å². The maximum absolute atomic E-state index is 12.0. The normalized spacial score (nSPS) is 19.7. The second-order valence-electron chi connectivity index (χ2n) is 4.70. The first-order chi connectivity index (χ1) is 9.74. The highest BCUT2D eigenvalue weighted by Gasteiger charge is 2.28. The van der Waals surface area contributed by atoms with Crippen LogP contribution in [0.5, 0.6) is 0 Å². The third-order valence-electron chi connectivity index (χ3n) is 3.02. The zero-order valence-corrected chi connectivity index (χ0v) is 12.5. The maximum Gasteiger partial charge on any atom is 0.328 e.